The third-order valence-corrected chi connectivity index (χ3v) is 2.90. The van der Waals surface area contributed by atoms with Gasteiger partial charge in [0.05, 0.1) is 11.9 Å². The fraction of sp³-hybridized carbons (Fsp3) is 0.143. The van der Waals surface area contributed by atoms with E-state index in [1.807, 2.05) is 11.0 Å². The number of hydrogen-bond acceptors (Lipinski definition) is 3. The van der Waals surface area contributed by atoms with E-state index >= 15 is 0 Å². The van der Waals surface area contributed by atoms with E-state index in [9.17, 15) is 4.79 Å². The Morgan fingerprint density at radius 1 is 1.26 bits per heavy atom. The molecule has 0 fully saturated rings. The monoisotopic (exact) mass is 325 g/mol. The van der Waals surface area contributed by atoms with Crippen LogP contribution in [-0.2, 0) is 32.7 Å². The van der Waals surface area contributed by atoms with Crippen molar-refractivity contribution in [2.24, 2.45) is 0 Å². The van der Waals surface area contributed by atoms with Gasteiger partial charge in [-0.3, -0.25) is 4.98 Å². The predicted octanol–water partition coefficient (Wildman–Crippen LogP) is 2.02. The molecule has 0 saturated heterocycles. The van der Waals surface area contributed by atoms with E-state index in [4.69, 9.17) is 7.85 Å². The molecule has 0 spiro atoms. The molecule has 1 heterocycles. The van der Waals surface area contributed by atoms with E-state index in [1.165, 1.54) is 0 Å². The maximum absolute atomic E-state index is 11.2. The van der Waals surface area contributed by atoms with Gasteiger partial charge < -0.3 is 23.5 Å². The van der Waals surface area contributed by atoms with Crippen molar-refractivity contribution in [3.8, 4) is 0 Å². The van der Waals surface area contributed by atoms with Crippen molar-refractivity contribution >= 4 is 30.0 Å². The largest absolute Gasteiger partial charge is 0.430 e. The van der Waals surface area contributed by atoms with Gasteiger partial charge in [-0.25, -0.2) is 0 Å². The van der Waals surface area contributed by atoms with E-state index in [0.29, 0.717) is 18.7 Å². The molecule has 0 aliphatic heterocycles. The molecule has 1 aromatic carbocycles. The van der Waals surface area contributed by atoms with Crippen LogP contribution in [0.4, 0.5) is 5.69 Å². The first-order valence-electron chi connectivity index (χ1n) is 5.68. The van der Waals surface area contributed by atoms with Crippen LogP contribution in [0.5, 0.6) is 0 Å². The Bertz CT molecular complexity index is 585. The third-order valence-electron chi connectivity index (χ3n) is 2.90. The molecule has 0 aliphatic rings. The van der Waals surface area contributed by atoms with Crippen molar-refractivity contribution in [1.29, 1.82) is 0 Å². The molecule has 2 aromatic rings. The molecule has 0 amide bonds. The summed E-state index contributed by atoms with van der Waals surface area (Å²) in [6, 6.07) is 5.33. The fourth-order valence-corrected chi connectivity index (χ4v) is 1.91. The number of fused-ring (bicyclic) bond motifs is 1. The molecular formula is C14H13BN2OY-2. The second kappa shape index (κ2) is 7.16. The van der Waals surface area contributed by atoms with Crippen LogP contribution in [0.25, 0.3) is 10.8 Å². The van der Waals surface area contributed by atoms with Crippen LogP contribution >= 0.6 is 0 Å². The van der Waals surface area contributed by atoms with Gasteiger partial charge in [0.2, 0.25) is 0 Å². The first kappa shape index (κ1) is 16.3. The van der Waals surface area contributed by atoms with Crippen molar-refractivity contribution in [1.82, 2.24) is 4.98 Å². The predicted molar refractivity (Wildman–Crippen MR) is 74.8 cm³/mol. The van der Waals surface area contributed by atoms with Crippen molar-refractivity contribution in [2.75, 3.05) is 18.0 Å². The van der Waals surface area contributed by atoms with E-state index in [2.05, 4.69) is 18.8 Å². The molecule has 2 rings (SSSR count). The van der Waals surface area contributed by atoms with E-state index in [-0.39, 0.29) is 32.7 Å². The zero-order valence-electron chi connectivity index (χ0n) is 10.7. The first-order chi connectivity index (χ1) is 8.67. The number of hydrogen-bond donors (Lipinski definition) is 0. The molecular weight excluding hydrogens is 312 g/mol. The number of carbonyl (C=O) groups excluding carboxylic acids is 1. The molecule has 0 aliphatic carbocycles. The minimum atomic E-state index is -0.435. The van der Waals surface area contributed by atoms with Crippen molar-refractivity contribution in [2.45, 2.75) is 0 Å². The zero-order chi connectivity index (χ0) is 13.1. The number of aromatic nitrogens is 1. The Hall–Kier alpha value is -0.731. The Balaban J connectivity index is 0.00000180. The summed E-state index contributed by atoms with van der Waals surface area (Å²) < 4.78 is 0. The molecule has 3 nitrogen and oxygen atoms in total. The molecule has 19 heavy (non-hydrogen) atoms. The van der Waals surface area contributed by atoms with Gasteiger partial charge in [-0.15, -0.1) is 13.1 Å². The summed E-state index contributed by atoms with van der Waals surface area (Å²) in [6.45, 7) is 8.90. The van der Waals surface area contributed by atoms with Crippen LogP contribution in [0.2, 0.25) is 0 Å². The Labute approximate surface area is 140 Å². The molecule has 1 aromatic heterocycles. The van der Waals surface area contributed by atoms with Gasteiger partial charge in [0.25, 0.3) is 0 Å². The van der Waals surface area contributed by atoms with Crippen LogP contribution < -0.4 is 4.90 Å². The molecule has 5 heteroatoms. The Morgan fingerprint density at radius 2 is 1.95 bits per heavy atom. The number of pyridine rings is 1. The standard InChI is InChI=1S/C14H13BN2O.Y/c1-3-17(4-2)13-9-16-8-11-6-5-10(14(15)18)7-12(11)13;/h5-9H,1-4H2;/q-2;. The molecule has 0 N–H and O–H groups in total. The number of rotatable bonds is 4. The van der Waals surface area contributed by atoms with Gasteiger partial charge in [-0.2, -0.15) is 0 Å². The topological polar surface area (TPSA) is 33.2 Å². The summed E-state index contributed by atoms with van der Waals surface area (Å²) in [6.07, 6.45) is 3.51. The van der Waals surface area contributed by atoms with Gasteiger partial charge >= 0.3 is 0 Å². The average Bonchev–Trinajstić information content (AvgIpc) is 2.39. The number of nitrogens with zero attached hydrogens (tertiary/aromatic N) is 2. The van der Waals surface area contributed by atoms with E-state index < -0.39 is 5.68 Å². The maximum Gasteiger partial charge on any atom is 0.175 e. The van der Waals surface area contributed by atoms with Crippen LogP contribution in [0.3, 0.4) is 0 Å². The summed E-state index contributed by atoms with van der Waals surface area (Å²) in [7, 11) is 5.30. The van der Waals surface area contributed by atoms with Crippen molar-refractivity contribution in [3.05, 3.63) is 50.0 Å². The van der Waals surface area contributed by atoms with Gasteiger partial charge in [-0.1, -0.05) is 12.1 Å². The fourth-order valence-electron chi connectivity index (χ4n) is 1.91. The summed E-state index contributed by atoms with van der Waals surface area (Å²) in [5, 5.41) is 1.90. The van der Waals surface area contributed by atoms with Gasteiger partial charge in [0.1, 0.15) is 5.68 Å². The zero-order valence-corrected chi connectivity index (χ0v) is 13.5. The van der Waals surface area contributed by atoms with Crippen molar-refractivity contribution < 1.29 is 37.5 Å². The summed E-state index contributed by atoms with van der Waals surface area (Å²) in [4.78, 5) is 17.4. The van der Waals surface area contributed by atoms with Crippen LogP contribution in [0.15, 0.2) is 30.6 Å². The van der Waals surface area contributed by atoms with E-state index in [1.54, 1.807) is 24.5 Å². The minimum absolute atomic E-state index is 0. The van der Waals surface area contributed by atoms with Crippen LogP contribution in [-0.4, -0.2) is 31.6 Å². The molecule has 0 atom stereocenters. The second-order valence-electron chi connectivity index (χ2n) is 3.95. The summed E-state index contributed by atoms with van der Waals surface area (Å²) in [5.74, 6) is 0. The summed E-state index contributed by atoms with van der Waals surface area (Å²) >= 11 is 0. The van der Waals surface area contributed by atoms with E-state index in [0.717, 1.165) is 16.5 Å². The SMILES string of the molecule is [B]C(=O)c1ccc2cncc(N(C[CH2-])C[CH2-])c2c1.[Y]. The molecule has 93 valence electrons. The third kappa shape index (κ3) is 3.43. The second-order valence-corrected chi connectivity index (χ2v) is 3.95. The van der Waals surface area contributed by atoms with Crippen LogP contribution in [0.1, 0.15) is 10.4 Å². The normalized spacial score (nSPS) is 10.0. The first-order valence-corrected chi connectivity index (χ1v) is 5.68. The average molecular weight is 325 g/mol. The van der Waals surface area contributed by atoms with Gasteiger partial charge in [-0.05, 0) is 6.07 Å². The molecule has 0 bridgehead atoms. The number of benzene rings is 1. The molecule has 0 unspecified atom stereocenters. The van der Waals surface area contributed by atoms with Crippen LogP contribution in [0, 0.1) is 13.8 Å². The van der Waals surface area contributed by atoms with Crippen molar-refractivity contribution in [3.63, 3.8) is 0 Å². The van der Waals surface area contributed by atoms with Gasteiger partial charge in [0, 0.05) is 55.2 Å². The number of carbonyl (C=O) groups is 1. The quantitative estimate of drug-likeness (QED) is 0.637. The molecule has 3 radical (unpaired) electrons. The molecule has 0 saturated carbocycles. The Kier molecular flexibility index (Phi) is 6.15. The maximum atomic E-state index is 11.2. The smallest absolute Gasteiger partial charge is 0.175 e. The summed E-state index contributed by atoms with van der Waals surface area (Å²) in [5.41, 5.74) is 0.971. The Morgan fingerprint density at radius 3 is 2.53 bits per heavy atom. The minimum Gasteiger partial charge on any atom is -0.430 e. The van der Waals surface area contributed by atoms with Gasteiger partial charge in [0.15, 0.2) is 7.85 Å². The number of anilines is 1.